The van der Waals surface area contributed by atoms with Gasteiger partial charge in [-0.2, -0.15) is 8.42 Å². The van der Waals surface area contributed by atoms with E-state index in [1.807, 2.05) is 165 Å². The fourth-order valence-corrected chi connectivity index (χ4v) is 5.07. The summed E-state index contributed by atoms with van der Waals surface area (Å²) in [7, 11) is 2.08. The fourth-order valence-electron chi connectivity index (χ4n) is 2.38. The molecule has 0 spiro atoms. The van der Waals surface area contributed by atoms with Gasteiger partial charge in [0.15, 0.2) is 0 Å². The van der Waals surface area contributed by atoms with Gasteiger partial charge in [-0.1, -0.05) is 232 Å². The summed E-state index contributed by atoms with van der Waals surface area (Å²) in [5.74, 6) is -0.291. The van der Waals surface area contributed by atoms with Crippen molar-refractivity contribution in [3.05, 3.63) is 66.2 Å². The smallest absolute Gasteiger partial charge is 0.465 e. The van der Waals surface area contributed by atoms with Gasteiger partial charge in [-0.05, 0) is 31.2 Å². The van der Waals surface area contributed by atoms with Crippen molar-refractivity contribution >= 4 is 24.9 Å². The normalized spacial score (nSPS) is 6.84. The van der Waals surface area contributed by atoms with Gasteiger partial charge in [-0.25, -0.2) is 4.79 Å². The van der Waals surface area contributed by atoms with Gasteiger partial charge in [0.05, 0.1) is 24.7 Å². The summed E-state index contributed by atoms with van der Waals surface area (Å²) in [6.07, 6.45) is 1.04. The van der Waals surface area contributed by atoms with E-state index < -0.39 is 18.9 Å². The third-order valence-corrected chi connectivity index (χ3v) is 8.36. The number of hydrogen-bond acceptors (Lipinski definition) is 10. The Hall–Kier alpha value is -2.16. The van der Waals surface area contributed by atoms with Crippen LogP contribution in [0.3, 0.4) is 0 Å². The van der Waals surface area contributed by atoms with E-state index in [4.69, 9.17) is 23.5 Å². The first-order valence-corrected chi connectivity index (χ1v) is 25.2. The van der Waals surface area contributed by atoms with Crippen molar-refractivity contribution in [2.75, 3.05) is 49.3 Å². The van der Waals surface area contributed by atoms with Crippen LogP contribution in [-0.4, -0.2) is 82.7 Å². The van der Waals surface area contributed by atoms with Gasteiger partial charge in [0.25, 0.3) is 10.1 Å². The molecule has 2 aromatic rings. The second kappa shape index (κ2) is 145. The molecular formula is C50H124O10SSi. The second-order valence-electron chi connectivity index (χ2n) is 6.07. The van der Waals surface area contributed by atoms with Crippen LogP contribution in [0, 0.1) is 0 Å². The van der Waals surface area contributed by atoms with Crippen LogP contribution in [0.1, 0.15) is 213 Å². The van der Waals surface area contributed by atoms with Crippen LogP contribution < -0.4 is 0 Å². The Labute approximate surface area is 397 Å². The number of esters is 1. The zero-order valence-electron chi connectivity index (χ0n) is 44.5. The van der Waals surface area contributed by atoms with Crippen LogP contribution >= 0.6 is 0 Å². The van der Waals surface area contributed by atoms with Gasteiger partial charge in [0.1, 0.15) is 0 Å². The molecule has 62 heavy (non-hydrogen) atoms. The average Bonchev–Trinajstić information content (AvgIpc) is 3.37. The first kappa shape index (κ1) is 118. The van der Waals surface area contributed by atoms with E-state index in [1.54, 1.807) is 56.7 Å². The van der Waals surface area contributed by atoms with Crippen LogP contribution in [-0.2, 0) is 32.3 Å². The molecule has 0 radical (unpaired) electrons. The Bertz CT molecular complexity index is 849. The van der Waals surface area contributed by atoms with E-state index in [1.165, 1.54) is 19.2 Å². The quantitative estimate of drug-likeness (QED) is 0.142. The van der Waals surface area contributed by atoms with Gasteiger partial charge in [-0.15, -0.1) is 0 Å². The molecule has 0 amide bonds. The van der Waals surface area contributed by atoms with Crippen LogP contribution in [0.4, 0.5) is 0 Å². The van der Waals surface area contributed by atoms with Gasteiger partial charge < -0.3 is 28.2 Å². The summed E-state index contributed by atoms with van der Waals surface area (Å²) in [4.78, 5) is 11.0. The number of rotatable bonds is 9. The molecule has 0 bridgehead atoms. The van der Waals surface area contributed by atoms with Crippen LogP contribution in [0.2, 0.25) is 6.04 Å². The molecule has 0 saturated heterocycles. The molecule has 0 saturated carbocycles. The molecule has 12 heteroatoms. The maximum Gasteiger partial charge on any atom is 0.500 e. The van der Waals surface area contributed by atoms with Crippen molar-refractivity contribution in [3.63, 3.8) is 0 Å². The number of carbonyl (C=O) groups excluding carboxylic acids is 1. The minimum Gasteiger partial charge on any atom is -0.465 e. The van der Waals surface area contributed by atoms with Gasteiger partial charge in [0.2, 0.25) is 0 Å². The molecule has 0 aliphatic carbocycles. The summed E-state index contributed by atoms with van der Waals surface area (Å²) < 4.78 is 46.7. The monoisotopic (exact) mass is 945 g/mol. The third kappa shape index (κ3) is 102. The molecular weight excluding hydrogens is 821 g/mol. The summed E-state index contributed by atoms with van der Waals surface area (Å²) in [6.45, 7) is 48.7. The van der Waals surface area contributed by atoms with E-state index in [2.05, 4.69) is 15.8 Å². The van der Waals surface area contributed by atoms with E-state index >= 15 is 0 Å². The lowest BCUT2D eigenvalue weighted by atomic mass is 10.2. The average molecular weight is 946 g/mol. The van der Waals surface area contributed by atoms with Gasteiger partial charge >= 0.3 is 14.8 Å². The number of hydrogen-bond donors (Lipinski definition) is 2. The number of aliphatic hydroxyl groups is 2. The molecule has 0 aliphatic rings. The summed E-state index contributed by atoms with van der Waals surface area (Å²) in [5.41, 5.74) is 0.588. The molecule has 0 unspecified atom stereocenters. The molecule has 0 aromatic heterocycles. The van der Waals surface area contributed by atoms with Crippen molar-refractivity contribution < 1.29 is 45.6 Å². The molecule has 0 heterocycles. The lowest BCUT2D eigenvalue weighted by Gasteiger charge is -2.24. The summed E-state index contributed by atoms with van der Waals surface area (Å²) in [6, 6.07) is 17.8. The predicted octanol–water partition coefficient (Wildman–Crippen LogP) is 17.2. The molecule has 2 aromatic carbocycles. The molecule has 0 fully saturated rings. The lowest BCUT2D eigenvalue weighted by Crippen LogP contribution is -2.43. The van der Waals surface area contributed by atoms with E-state index in [0.717, 1.165) is 33.8 Å². The van der Waals surface area contributed by atoms with Crippen molar-refractivity contribution in [1.82, 2.24) is 0 Å². The molecule has 394 valence electrons. The second-order valence-corrected chi connectivity index (χ2v) is 10.7. The third-order valence-electron chi connectivity index (χ3n) is 3.99. The Morgan fingerprint density at radius 3 is 0.952 bits per heavy atom. The number of aliphatic hydroxyl groups excluding tert-OH is 2. The highest BCUT2D eigenvalue weighted by molar-refractivity contribution is 7.86. The highest BCUT2D eigenvalue weighted by Crippen LogP contribution is 2.15. The largest absolute Gasteiger partial charge is 0.500 e. The molecule has 2 rings (SSSR count). The van der Waals surface area contributed by atoms with Crippen molar-refractivity contribution in [3.8, 4) is 0 Å². The van der Waals surface area contributed by atoms with Crippen molar-refractivity contribution in [2.45, 2.75) is 213 Å². The van der Waals surface area contributed by atoms with Crippen LogP contribution in [0.15, 0.2) is 65.6 Å². The van der Waals surface area contributed by atoms with Gasteiger partial charge in [-0.3, -0.25) is 4.18 Å². The SMILES string of the molecule is C.C.C.C.CC.CC.CC.CC.CC.CC.CC.CC.CC.CC.CC.CCC[Si](OC)(OC)OCC.CO.CO.COC(=O)c1ccccc1.COS(=O)(=O)c1ccccc1. The zero-order valence-corrected chi connectivity index (χ0v) is 46.3. The lowest BCUT2D eigenvalue weighted by molar-refractivity contribution is 0.0600. The Kier molecular flexibility index (Phi) is 277. The number of benzene rings is 2. The standard InChI is InChI=1S/C8H8O2.C7H8O3S.C7H18O3Si.11C2H6.2CH4O.4CH4/c1-10-8(9)7-5-3-2-4-6-7;1-10-11(8,9)7-5-3-2-4-6-7;1-5-7-11(8-3,9-4)10-6-2;13*1-2;;;;/h2-6H,1H3;2-6H,1H3;5-7H2,1-4H3;11*1-2H3;2*2H,1H3;4*1H4. The van der Waals surface area contributed by atoms with Crippen LogP contribution in [0.5, 0.6) is 0 Å². The van der Waals surface area contributed by atoms with Gasteiger partial charge in [0, 0.05) is 41.1 Å². The predicted molar refractivity (Wildman–Crippen MR) is 293 cm³/mol. The molecule has 2 N–H and O–H groups in total. The number of ether oxygens (including phenoxy) is 1. The summed E-state index contributed by atoms with van der Waals surface area (Å²) >= 11 is 0. The number of methoxy groups -OCH3 is 1. The topological polar surface area (TPSA) is 138 Å². The maximum atomic E-state index is 11.0. The Morgan fingerprint density at radius 1 is 0.500 bits per heavy atom. The molecule has 0 atom stereocenters. The highest BCUT2D eigenvalue weighted by Gasteiger charge is 2.37. The summed E-state index contributed by atoms with van der Waals surface area (Å²) in [5, 5.41) is 14.0. The Morgan fingerprint density at radius 2 is 0.758 bits per heavy atom. The van der Waals surface area contributed by atoms with Crippen molar-refractivity contribution in [2.24, 2.45) is 0 Å². The number of carbonyl (C=O) groups is 1. The van der Waals surface area contributed by atoms with E-state index in [-0.39, 0.29) is 40.6 Å². The minimum absolute atomic E-state index is 0. The minimum atomic E-state index is -3.50. The maximum absolute atomic E-state index is 11.0. The Balaban J connectivity index is -0.0000000226. The molecule has 0 aliphatic heterocycles. The molecule has 10 nitrogen and oxygen atoms in total. The first-order valence-electron chi connectivity index (χ1n) is 21.9. The highest BCUT2D eigenvalue weighted by atomic mass is 32.2. The van der Waals surface area contributed by atoms with E-state index in [0.29, 0.717) is 12.2 Å². The van der Waals surface area contributed by atoms with Crippen molar-refractivity contribution in [1.29, 1.82) is 0 Å². The van der Waals surface area contributed by atoms with Crippen LogP contribution in [0.25, 0.3) is 0 Å². The fraction of sp³-hybridized carbons (Fsp3) is 0.740. The zero-order chi connectivity index (χ0) is 50.5. The van der Waals surface area contributed by atoms with E-state index in [9.17, 15) is 13.2 Å². The first-order chi connectivity index (χ1) is 28.3.